The van der Waals surface area contributed by atoms with Crippen molar-refractivity contribution in [1.82, 2.24) is 9.97 Å². The summed E-state index contributed by atoms with van der Waals surface area (Å²) in [5.41, 5.74) is 1.83. The van der Waals surface area contributed by atoms with Gasteiger partial charge in [-0.25, -0.2) is 4.98 Å². The topological polar surface area (TPSA) is 35.0 Å². The van der Waals surface area contributed by atoms with E-state index in [1.54, 1.807) is 0 Å². The van der Waals surface area contributed by atoms with Gasteiger partial charge in [-0.2, -0.15) is 4.98 Å². The average Bonchev–Trinajstić information content (AvgIpc) is 2.46. The van der Waals surface area contributed by atoms with Crippen molar-refractivity contribution in [3.8, 4) is 5.88 Å². The molecule has 0 amide bonds. The Hall–Kier alpha value is -1.65. The summed E-state index contributed by atoms with van der Waals surface area (Å²) >= 11 is 9.37. The number of fused-ring (bicyclic) bond motifs is 1. The molecule has 0 bridgehead atoms. The van der Waals surface area contributed by atoms with Gasteiger partial charge in [0.05, 0.1) is 10.9 Å². The zero-order valence-electron chi connectivity index (χ0n) is 10.4. The molecule has 0 unspecified atom stereocenters. The molecule has 5 heteroatoms. The molecule has 0 aliphatic heterocycles. The number of hydrogen-bond donors (Lipinski definition) is 0. The first-order chi connectivity index (χ1) is 9.72. The maximum absolute atomic E-state index is 5.93. The SMILES string of the molecule is Clc1nc(OCc2ccccc2)c2cc(Br)ccc2n1. The lowest BCUT2D eigenvalue weighted by molar-refractivity contribution is 0.297. The van der Waals surface area contributed by atoms with Crippen molar-refractivity contribution in [1.29, 1.82) is 0 Å². The number of ether oxygens (including phenoxy) is 1. The smallest absolute Gasteiger partial charge is 0.226 e. The fourth-order valence-corrected chi connectivity index (χ4v) is 2.41. The van der Waals surface area contributed by atoms with E-state index in [9.17, 15) is 0 Å². The van der Waals surface area contributed by atoms with Gasteiger partial charge in [0.2, 0.25) is 11.2 Å². The fraction of sp³-hybridized carbons (Fsp3) is 0.0667. The van der Waals surface area contributed by atoms with Gasteiger partial charge in [-0.05, 0) is 35.4 Å². The second-order valence-electron chi connectivity index (χ2n) is 4.23. The molecule has 3 aromatic rings. The maximum Gasteiger partial charge on any atom is 0.226 e. The highest BCUT2D eigenvalue weighted by atomic mass is 79.9. The van der Waals surface area contributed by atoms with Gasteiger partial charge in [0.25, 0.3) is 0 Å². The van der Waals surface area contributed by atoms with Crippen molar-refractivity contribution in [2.45, 2.75) is 6.61 Å². The van der Waals surface area contributed by atoms with Crippen molar-refractivity contribution in [2.75, 3.05) is 0 Å². The van der Waals surface area contributed by atoms with Crippen LogP contribution in [0.1, 0.15) is 5.56 Å². The molecule has 1 heterocycles. The summed E-state index contributed by atoms with van der Waals surface area (Å²) in [6.45, 7) is 0.440. The first-order valence-corrected chi connectivity index (χ1v) is 7.19. The minimum absolute atomic E-state index is 0.183. The summed E-state index contributed by atoms with van der Waals surface area (Å²) in [5.74, 6) is 0.491. The zero-order valence-corrected chi connectivity index (χ0v) is 12.7. The van der Waals surface area contributed by atoms with Crippen LogP contribution in [0.4, 0.5) is 0 Å². The third kappa shape index (κ3) is 2.92. The van der Waals surface area contributed by atoms with Gasteiger partial charge in [0, 0.05) is 4.47 Å². The summed E-state index contributed by atoms with van der Waals surface area (Å²) in [6.07, 6.45) is 0. The van der Waals surface area contributed by atoms with Gasteiger partial charge < -0.3 is 4.74 Å². The van der Waals surface area contributed by atoms with Crippen LogP contribution in [-0.2, 0) is 6.61 Å². The highest BCUT2D eigenvalue weighted by Crippen LogP contribution is 2.27. The van der Waals surface area contributed by atoms with E-state index in [1.807, 2.05) is 48.5 Å². The van der Waals surface area contributed by atoms with E-state index in [2.05, 4.69) is 25.9 Å². The van der Waals surface area contributed by atoms with Crippen molar-refractivity contribution in [3.63, 3.8) is 0 Å². The molecular formula is C15H10BrClN2O. The standard InChI is InChI=1S/C15H10BrClN2O/c16-11-6-7-13-12(8-11)14(19-15(17)18-13)20-9-10-4-2-1-3-5-10/h1-8H,9H2. The Morgan fingerprint density at radius 1 is 1.05 bits per heavy atom. The van der Waals surface area contributed by atoms with Crippen LogP contribution in [0.25, 0.3) is 10.9 Å². The molecule has 0 fully saturated rings. The zero-order chi connectivity index (χ0) is 13.9. The van der Waals surface area contributed by atoms with Crippen molar-refractivity contribution >= 4 is 38.4 Å². The summed E-state index contributed by atoms with van der Waals surface area (Å²) in [5, 5.41) is 1.02. The molecule has 0 radical (unpaired) electrons. The Morgan fingerprint density at radius 3 is 2.65 bits per heavy atom. The lowest BCUT2D eigenvalue weighted by Gasteiger charge is -2.08. The molecule has 0 spiro atoms. The van der Waals surface area contributed by atoms with Crippen LogP contribution in [-0.4, -0.2) is 9.97 Å². The van der Waals surface area contributed by atoms with Crippen molar-refractivity contribution < 1.29 is 4.74 Å². The molecule has 2 aromatic carbocycles. The van der Waals surface area contributed by atoms with Crippen LogP contribution in [0, 0.1) is 0 Å². The molecule has 0 saturated carbocycles. The van der Waals surface area contributed by atoms with Crippen LogP contribution in [0.5, 0.6) is 5.88 Å². The highest BCUT2D eigenvalue weighted by Gasteiger charge is 2.08. The second-order valence-corrected chi connectivity index (χ2v) is 5.49. The van der Waals surface area contributed by atoms with E-state index >= 15 is 0 Å². The number of nitrogens with zero attached hydrogens (tertiary/aromatic N) is 2. The molecule has 0 saturated heterocycles. The normalized spacial score (nSPS) is 10.7. The van der Waals surface area contributed by atoms with E-state index in [-0.39, 0.29) is 5.28 Å². The molecule has 20 heavy (non-hydrogen) atoms. The molecular weight excluding hydrogens is 340 g/mol. The van der Waals surface area contributed by atoms with Gasteiger partial charge in [-0.3, -0.25) is 0 Å². The minimum Gasteiger partial charge on any atom is -0.472 e. The van der Waals surface area contributed by atoms with Gasteiger partial charge in [-0.1, -0.05) is 46.3 Å². The lowest BCUT2D eigenvalue weighted by Crippen LogP contribution is -1.99. The van der Waals surface area contributed by atoms with E-state index in [4.69, 9.17) is 16.3 Å². The lowest BCUT2D eigenvalue weighted by atomic mass is 10.2. The molecule has 3 nitrogen and oxygen atoms in total. The monoisotopic (exact) mass is 348 g/mol. The number of rotatable bonds is 3. The quantitative estimate of drug-likeness (QED) is 0.647. The Morgan fingerprint density at radius 2 is 1.85 bits per heavy atom. The predicted octanol–water partition coefficient (Wildman–Crippen LogP) is 4.62. The summed E-state index contributed by atoms with van der Waals surface area (Å²) < 4.78 is 6.73. The minimum atomic E-state index is 0.183. The number of benzene rings is 2. The highest BCUT2D eigenvalue weighted by molar-refractivity contribution is 9.10. The molecule has 100 valence electrons. The molecule has 0 aliphatic rings. The van der Waals surface area contributed by atoms with Gasteiger partial charge in [0.1, 0.15) is 6.61 Å². The van der Waals surface area contributed by atoms with E-state index < -0.39 is 0 Å². The number of hydrogen-bond acceptors (Lipinski definition) is 3. The van der Waals surface area contributed by atoms with Crippen LogP contribution in [0.2, 0.25) is 5.28 Å². The average molecular weight is 350 g/mol. The van der Waals surface area contributed by atoms with Crippen LogP contribution < -0.4 is 4.74 Å². The van der Waals surface area contributed by atoms with Crippen LogP contribution >= 0.6 is 27.5 Å². The Labute approximate surface area is 129 Å². The third-order valence-electron chi connectivity index (χ3n) is 2.81. The molecule has 3 rings (SSSR count). The Balaban J connectivity index is 1.96. The summed E-state index contributed by atoms with van der Waals surface area (Å²) in [6, 6.07) is 15.6. The van der Waals surface area contributed by atoms with Crippen LogP contribution in [0.3, 0.4) is 0 Å². The number of halogens is 2. The molecule has 0 aliphatic carbocycles. The molecule has 0 N–H and O–H groups in total. The van der Waals surface area contributed by atoms with E-state index in [1.165, 1.54) is 0 Å². The fourth-order valence-electron chi connectivity index (χ4n) is 1.88. The largest absolute Gasteiger partial charge is 0.472 e. The Kier molecular flexibility index (Phi) is 3.85. The van der Waals surface area contributed by atoms with Crippen LogP contribution in [0.15, 0.2) is 53.0 Å². The molecule has 0 atom stereocenters. The van der Waals surface area contributed by atoms with Gasteiger partial charge in [-0.15, -0.1) is 0 Å². The summed E-state index contributed by atoms with van der Waals surface area (Å²) in [4.78, 5) is 8.35. The number of aromatic nitrogens is 2. The van der Waals surface area contributed by atoms with Crippen molar-refractivity contribution in [3.05, 3.63) is 63.9 Å². The maximum atomic E-state index is 5.93. The first kappa shape index (κ1) is 13.3. The second kappa shape index (κ2) is 5.77. The Bertz CT molecular complexity index is 749. The predicted molar refractivity (Wildman–Crippen MR) is 83.0 cm³/mol. The van der Waals surface area contributed by atoms with E-state index in [0.29, 0.717) is 12.5 Å². The van der Waals surface area contributed by atoms with E-state index in [0.717, 1.165) is 20.9 Å². The van der Waals surface area contributed by atoms with Crippen molar-refractivity contribution in [2.24, 2.45) is 0 Å². The van der Waals surface area contributed by atoms with Gasteiger partial charge >= 0.3 is 0 Å². The first-order valence-electron chi connectivity index (χ1n) is 6.02. The molecule has 1 aromatic heterocycles. The third-order valence-corrected chi connectivity index (χ3v) is 3.48. The van der Waals surface area contributed by atoms with Gasteiger partial charge in [0.15, 0.2) is 0 Å². The summed E-state index contributed by atoms with van der Waals surface area (Å²) in [7, 11) is 0.